The molecule has 2 rings (SSSR count). The molecule has 2 aromatic rings. The van der Waals surface area contributed by atoms with Gasteiger partial charge in [-0.2, -0.15) is 10.4 Å². The molecule has 0 aliphatic heterocycles. The molecule has 0 unspecified atom stereocenters. The molecule has 0 amide bonds. The summed E-state index contributed by atoms with van der Waals surface area (Å²) < 4.78 is 0. The van der Waals surface area contributed by atoms with E-state index in [9.17, 15) is 0 Å². The van der Waals surface area contributed by atoms with E-state index in [0.717, 1.165) is 5.56 Å². The number of hydrogen-bond donors (Lipinski definition) is 2. The molecule has 0 spiro atoms. The molecule has 0 saturated heterocycles. The van der Waals surface area contributed by atoms with Crippen LogP contribution >= 0.6 is 0 Å². The summed E-state index contributed by atoms with van der Waals surface area (Å²) in [5.41, 5.74) is 1.35. The second kappa shape index (κ2) is 4.19. The van der Waals surface area contributed by atoms with Crippen molar-refractivity contribution in [1.82, 2.24) is 20.2 Å². The SMILES string of the molecule is N#Cc1ccnc(NCc2cn[nH]c2)n1. The molecular weight excluding hydrogens is 192 g/mol. The smallest absolute Gasteiger partial charge is 0.224 e. The standard InChI is InChI=1S/C9H8N6/c10-3-8-1-2-11-9(15-8)12-4-7-5-13-14-6-7/h1-2,5-6H,4H2,(H,13,14)(H,11,12,15). The Morgan fingerprint density at radius 3 is 3.20 bits per heavy atom. The lowest BCUT2D eigenvalue weighted by Gasteiger charge is -2.01. The van der Waals surface area contributed by atoms with E-state index in [1.54, 1.807) is 24.7 Å². The quantitative estimate of drug-likeness (QED) is 0.760. The number of nitriles is 1. The molecule has 2 heterocycles. The van der Waals surface area contributed by atoms with Crippen LogP contribution in [-0.2, 0) is 6.54 Å². The number of nitrogens with one attached hydrogen (secondary N) is 2. The molecule has 74 valence electrons. The molecule has 0 saturated carbocycles. The second-order valence-electron chi connectivity index (χ2n) is 2.84. The first kappa shape index (κ1) is 9.15. The van der Waals surface area contributed by atoms with Crippen LogP contribution < -0.4 is 5.32 Å². The van der Waals surface area contributed by atoms with Crippen molar-refractivity contribution in [3.63, 3.8) is 0 Å². The zero-order valence-electron chi connectivity index (χ0n) is 7.81. The number of H-pyrrole nitrogens is 1. The highest BCUT2D eigenvalue weighted by Crippen LogP contribution is 2.02. The molecule has 6 nitrogen and oxygen atoms in total. The summed E-state index contributed by atoms with van der Waals surface area (Å²) in [7, 11) is 0. The van der Waals surface area contributed by atoms with E-state index in [4.69, 9.17) is 5.26 Å². The molecule has 0 atom stereocenters. The first-order valence-electron chi connectivity index (χ1n) is 4.33. The maximum Gasteiger partial charge on any atom is 0.224 e. The zero-order valence-corrected chi connectivity index (χ0v) is 7.81. The number of nitrogens with zero attached hydrogens (tertiary/aromatic N) is 4. The molecule has 2 aromatic heterocycles. The third kappa shape index (κ3) is 2.28. The Kier molecular flexibility index (Phi) is 2.56. The van der Waals surface area contributed by atoms with Crippen LogP contribution in [0.4, 0.5) is 5.95 Å². The Hall–Kier alpha value is -2.42. The van der Waals surface area contributed by atoms with Crippen LogP contribution in [0, 0.1) is 11.3 Å². The van der Waals surface area contributed by atoms with Gasteiger partial charge < -0.3 is 5.32 Å². The Balaban J connectivity index is 2.02. The van der Waals surface area contributed by atoms with E-state index in [1.807, 2.05) is 6.07 Å². The summed E-state index contributed by atoms with van der Waals surface area (Å²) in [6.07, 6.45) is 5.03. The van der Waals surface area contributed by atoms with Gasteiger partial charge in [0.05, 0.1) is 6.20 Å². The fraction of sp³-hybridized carbons (Fsp3) is 0.111. The number of aromatic nitrogens is 4. The van der Waals surface area contributed by atoms with Crippen LogP contribution in [0.15, 0.2) is 24.7 Å². The van der Waals surface area contributed by atoms with E-state index >= 15 is 0 Å². The predicted molar refractivity (Wildman–Crippen MR) is 52.7 cm³/mol. The van der Waals surface area contributed by atoms with Crippen molar-refractivity contribution >= 4 is 5.95 Å². The Morgan fingerprint density at radius 1 is 1.53 bits per heavy atom. The molecular formula is C9H8N6. The van der Waals surface area contributed by atoms with Crippen molar-refractivity contribution in [2.45, 2.75) is 6.54 Å². The highest BCUT2D eigenvalue weighted by atomic mass is 15.1. The predicted octanol–water partition coefficient (Wildman–Crippen LogP) is 0.683. The van der Waals surface area contributed by atoms with E-state index in [0.29, 0.717) is 18.2 Å². The van der Waals surface area contributed by atoms with E-state index in [2.05, 4.69) is 25.5 Å². The average Bonchev–Trinajstić information content (AvgIpc) is 2.79. The minimum Gasteiger partial charge on any atom is -0.350 e. The minimum absolute atomic E-state index is 0.347. The molecule has 0 aromatic carbocycles. The lowest BCUT2D eigenvalue weighted by molar-refractivity contribution is 1.05. The summed E-state index contributed by atoms with van der Waals surface area (Å²) in [5, 5.41) is 18.1. The van der Waals surface area contributed by atoms with Gasteiger partial charge in [-0.3, -0.25) is 5.10 Å². The van der Waals surface area contributed by atoms with Crippen LogP contribution in [0.1, 0.15) is 11.3 Å². The Bertz CT molecular complexity index is 470. The maximum absolute atomic E-state index is 8.63. The van der Waals surface area contributed by atoms with Crippen molar-refractivity contribution in [3.05, 3.63) is 35.9 Å². The number of hydrogen-bond acceptors (Lipinski definition) is 5. The summed E-state index contributed by atoms with van der Waals surface area (Å²) in [6.45, 7) is 0.575. The van der Waals surface area contributed by atoms with Crippen molar-refractivity contribution in [1.29, 1.82) is 5.26 Å². The van der Waals surface area contributed by atoms with E-state index in [1.165, 1.54) is 0 Å². The van der Waals surface area contributed by atoms with Gasteiger partial charge in [-0.05, 0) is 6.07 Å². The van der Waals surface area contributed by atoms with E-state index in [-0.39, 0.29) is 0 Å². The highest BCUT2D eigenvalue weighted by Gasteiger charge is 1.98. The molecule has 6 heteroatoms. The fourth-order valence-electron chi connectivity index (χ4n) is 1.06. The molecule has 0 radical (unpaired) electrons. The third-order valence-corrected chi connectivity index (χ3v) is 1.78. The summed E-state index contributed by atoms with van der Waals surface area (Å²) >= 11 is 0. The largest absolute Gasteiger partial charge is 0.350 e. The van der Waals surface area contributed by atoms with Gasteiger partial charge in [0.1, 0.15) is 11.8 Å². The molecule has 2 N–H and O–H groups in total. The average molecular weight is 200 g/mol. The summed E-state index contributed by atoms with van der Waals surface area (Å²) in [6, 6.07) is 3.51. The zero-order chi connectivity index (χ0) is 10.5. The lowest BCUT2D eigenvalue weighted by atomic mass is 10.4. The van der Waals surface area contributed by atoms with Gasteiger partial charge in [-0.1, -0.05) is 0 Å². The van der Waals surface area contributed by atoms with Crippen molar-refractivity contribution in [2.24, 2.45) is 0 Å². The van der Waals surface area contributed by atoms with Crippen LogP contribution in [0.2, 0.25) is 0 Å². The summed E-state index contributed by atoms with van der Waals surface area (Å²) in [4.78, 5) is 7.96. The Labute approximate surface area is 86.0 Å². The third-order valence-electron chi connectivity index (χ3n) is 1.78. The molecule has 0 aliphatic carbocycles. The van der Waals surface area contributed by atoms with Gasteiger partial charge in [0.25, 0.3) is 0 Å². The topological polar surface area (TPSA) is 90.3 Å². The molecule has 0 aliphatic rings. The highest BCUT2D eigenvalue weighted by molar-refractivity contribution is 5.30. The second-order valence-corrected chi connectivity index (χ2v) is 2.84. The summed E-state index contributed by atoms with van der Waals surface area (Å²) in [5.74, 6) is 0.440. The minimum atomic E-state index is 0.347. The Morgan fingerprint density at radius 2 is 2.47 bits per heavy atom. The normalized spacial score (nSPS) is 9.53. The molecule has 15 heavy (non-hydrogen) atoms. The maximum atomic E-state index is 8.63. The van der Waals surface area contributed by atoms with Crippen LogP contribution in [0.25, 0.3) is 0 Å². The number of anilines is 1. The first-order valence-corrected chi connectivity index (χ1v) is 4.33. The van der Waals surface area contributed by atoms with Gasteiger partial charge in [0.2, 0.25) is 5.95 Å². The van der Waals surface area contributed by atoms with Crippen molar-refractivity contribution in [2.75, 3.05) is 5.32 Å². The van der Waals surface area contributed by atoms with Crippen molar-refractivity contribution in [3.8, 4) is 6.07 Å². The molecule has 0 fully saturated rings. The first-order chi connectivity index (χ1) is 7.38. The molecule has 0 bridgehead atoms. The number of aromatic amines is 1. The van der Waals surface area contributed by atoms with E-state index < -0.39 is 0 Å². The van der Waals surface area contributed by atoms with Gasteiger partial charge in [-0.25, -0.2) is 9.97 Å². The van der Waals surface area contributed by atoms with Crippen LogP contribution in [-0.4, -0.2) is 20.2 Å². The van der Waals surface area contributed by atoms with Gasteiger partial charge >= 0.3 is 0 Å². The van der Waals surface area contributed by atoms with Crippen molar-refractivity contribution < 1.29 is 0 Å². The lowest BCUT2D eigenvalue weighted by Crippen LogP contribution is -2.03. The monoisotopic (exact) mass is 200 g/mol. The van der Waals surface area contributed by atoms with Crippen LogP contribution in [0.3, 0.4) is 0 Å². The van der Waals surface area contributed by atoms with Crippen LogP contribution in [0.5, 0.6) is 0 Å². The van der Waals surface area contributed by atoms with Gasteiger partial charge in [0.15, 0.2) is 0 Å². The van der Waals surface area contributed by atoms with Gasteiger partial charge in [-0.15, -0.1) is 0 Å². The van der Waals surface area contributed by atoms with Gasteiger partial charge in [0, 0.05) is 24.5 Å². The fourth-order valence-corrected chi connectivity index (χ4v) is 1.06. The number of rotatable bonds is 3.